The number of pyridine rings is 1. The van der Waals surface area contributed by atoms with Crippen LogP contribution in [-0.2, 0) is 0 Å². The lowest BCUT2D eigenvalue weighted by Crippen LogP contribution is -1.95. The Kier molecular flexibility index (Phi) is 4.13. The zero-order valence-corrected chi connectivity index (χ0v) is 10.8. The van der Waals surface area contributed by atoms with E-state index in [4.69, 9.17) is 23.2 Å². The van der Waals surface area contributed by atoms with Gasteiger partial charge in [0.05, 0.1) is 5.02 Å². The van der Waals surface area contributed by atoms with Crippen molar-refractivity contribution in [2.45, 2.75) is 0 Å². The van der Waals surface area contributed by atoms with Gasteiger partial charge in [0.2, 0.25) is 0 Å². The van der Waals surface area contributed by atoms with Crippen LogP contribution in [0, 0.1) is 0 Å². The summed E-state index contributed by atoms with van der Waals surface area (Å²) in [7, 11) is 0. The third kappa shape index (κ3) is 3.19. The van der Waals surface area contributed by atoms with Gasteiger partial charge >= 0.3 is 0 Å². The van der Waals surface area contributed by atoms with Gasteiger partial charge in [-0.05, 0) is 42.0 Å². The topological polar surface area (TPSA) is 30.0 Å². The van der Waals surface area contributed by atoms with Crippen LogP contribution >= 0.6 is 23.2 Å². The summed E-state index contributed by atoms with van der Waals surface area (Å²) in [5.41, 5.74) is 1.24. The van der Waals surface area contributed by atoms with Crippen LogP contribution in [0.15, 0.2) is 48.8 Å². The number of halogens is 2. The number of hydrogen-bond acceptors (Lipinski definition) is 2. The molecule has 0 fully saturated rings. The van der Waals surface area contributed by atoms with Crippen LogP contribution in [-0.4, -0.2) is 10.8 Å². The molecule has 90 valence electrons. The molecule has 1 heterocycles. The monoisotopic (exact) mass is 277 g/mol. The maximum Gasteiger partial charge on any atom is 0.187 e. The summed E-state index contributed by atoms with van der Waals surface area (Å²) in [6.07, 6.45) is 6.48. The molecule has 0 bridgehead atoms. The predicted octanol–water partition coefficient (Wildman–Crippen LogP) is 4.28. The number of carbonyl (C=O) groups excluding carboxylic acids is 1. The maximum absolute atomic E-state index is 11.9. The number of nitrogens with zero attached hydrogens (tertiary/aromatic N) is 1. The third-order valence-electron chi connectivity index (χ3n) is 2.31. The van der Waals surface area contributed by atoms with Gasteiger partial charge in [-0.25, -0.2) is 0 Å². The van der Waals surface area contributed by atoms with E-state index < -0.39 is 0 Å². The first-order valence-electron chi connectivity index (χ1n) is 5.24. The summed E-state index contributed by atoms with van der Waals surface area (Å²) >= 11 is 11.8. The Morgan fingerprint density at radius 1 is 1.22 bits per heavy atom. The van der Waals surface area contributed by atoms with Gasteiger partial charge in [-0.15, -0.1) is 0 Å². The highest BCUT2D eigenvalue weighted by atomic mass is 35.5. The first-order chi connectivity index (χ1) is 8.66. The van der Waals surface area contributed by atoms with Gasteiger partial charge in [-0.3, -0.25) is 9.78 Å². The minimum Gasteiger partial charge on any atom is -0.289 e. The van der Waals surface area contributed by atoms with Crippen molar-refractivity contribution < 1.29 is 4.79 Å². The van der Waals surface area contributed by atoms with Crippen molar-refractivity contribution in [2.75, 3.05) is 0 Å². The summed E-state index contributed by atoms with van der Waals surface area (Å²) < 4.78 is 0. The van der Waals surface area contributed by atoms with Crippen LogP contribution in [0.4, 0.5) is 0 Å². The Labute approximate surface area is 115 Å². The van der Waals surface area contributed by atoms with Gasteiger partial charge in [0.25, 0.3) is 0 Å². The molecule has 0 saturated carbocycles. The molecule has 4 heteroatoms. The highest BCUT2D eigenvalue weighted by Crippen LogP contribution is 2.21. The molecule has 0 aliphatic heterocycles. The molecule has 1 aromatic carbocycles. The molecule has 0 radical (unpaired) electrons. The van der Waals surface area contributed by atoms with Crippen LogP contribution in [0.3, 0.4) is 0 Å². The lowest BCUT2D eigenvalue weighted by molar-refractivity contribution is 0.104. The molecule has 0 amide bonds. The van der Waals surface area contributed by atoms with Gasteiger partial charge < -0.3 is 0 Å². The zero-order chi connectivity index (χ0) is 13.0. The highest BCUT2D eigenvalue weighted by Gasteiger charge is 2.07. The smallest absolute Gasteiger partial charge is 0.187 e. The fourth-order valence-corrected chi connectivity index (χ4v) is 1.81. The number of benzene rings is 1. The Hall–Kier alpha value is -1.64. The van der Waals surface area contributed by atoms with E-state index in [1.54, 1.807) is 42.7 Å². The van der Waals surface area contributed by atoms with Crippen molar-refractivity contribution in [1.82, 2.24) is 4.98 Å². The van der Waals surface area contributed by atoms with Crippen molar-refractivity contribution in [1.29, 1.82) is 0 Å². The third-order valence-corrected chi connectivity index (χ3v) is 2.87. The number of ketones is 1. The molecule has 0 unspecified atom stereocenters. The average molecular weight is 278 g/mol. The molecule has 0 N–H and O–H groups in total. The standard InChI is InChI=1S/C14H9Cl2NO/c15-11-4-5-13(16)12(8-11)14(18)6-3-10-2-1-7-17-9-10/h1-9H. The van der Waals surface area contributed by atoms with E-state index in [2.05, 4.69) is 4.98 Å². The summed E-state index contributed by atoms with van der Waals surface area (Å²) in [5.74, 6) is -0.189. The molecule has 0 aliphatic carbocycles. The van der Waals surface area contributed by atoms with Gasteiger partial charge in [-0.1, -0.05) is 29.3 Å². The van der Waals surface area contributed by atoms with Crippen molar-refractivity contribution in [3.8, 4) is 0 Å². The minimum atomic E-state index is -0.189. The molecule has 2 aromatic rings. The Morgan fingerprint density at radius 2 is 2.06 bits per heavy atom. The summed E-state index contributed by atoms with van der Waals surface area (Å²) in [4.78, 5) is 15.9. The van der Waals surface area contributed by atoms with Crippen LogP contribution in [0.1, 0.15) is 15.9 Å². The van der Waals surface area contributed by atoms with Gasteiger partial charge in [-0.2, -0.15) is 0 Å². The zero-order valence-electron chi connectivity index (χ0n) is 9.31. The van der Waals surface area contributed by atoms with E-state index in [1.165, 1.54) is 6.08 Å². The Morgan fingerprint density at radius 3 is 2.78 bits per heavy atom. The van der Waals surface area contributed by atoms with Crippen LogP contribution in [0.5, 0.6) is 0 Å². The first-order valence-corrected chi connectivity index (χ1v) is 6.00. The number of rotatable bonds is 3. The average Bonchev–Trinajstić information content (AvgIpc) is 2.40. The van der Waals surface area contributed by atoms with Crippen LogP contribution in [0.25, 0.3) is 6.08 Å². The minimum absolute atomic E-state index is 0.189. The number of aromatic nitrogens is 1. The molecule has 0 aliphatic rings. The van der Waals surface area contributed by atoms with Gasteiger partial charge in [0, 0.05) is 23.0 Å². The Balaban J connectivity index is 2.22. The second-order valence-electron chi connectivity index (χ2n) is 3.61. The van der Waals surface area contributed by atoms with Gasteiger partial charge in [0.15, 0.2) is 5.78 Å². The Bertz CT molecular complexity index is 594. The summed E-state index contributed by atoms with van der Waals surface area (Å²) in [6, 6.07) is 8.47. The summed E-state index contributed by atoms with van der Waals surface area (Å²) in [5, 5.41) is 0.873. The van der Waals surface area contributed by atoms with E-state index in [0.29, 0.717) is 15.6 Å². The second-order valence-corrected chi connectivity index (χ2v) is 4.45. The quantitative estimate of drug-likeness (QED) is 0.619. The van der Waals surface area contributed by atoms with E-state index in [0.717, 1.165) is 5.56 Å². The van der Waals surface area contributed by atoms with E-state index in [1.807, 2.05) is 6.07 Å². The molecule has 2 nitrogen and oxygen atoms in total. The fourth-order valence-electron chi connectivity index (χ4n) is 1.42. The molecular formula is C14H9Cl2NO. The van der Waals surface area contributed by atoms with Crippen molar-refractivity contribution >= 4 is 35.1 Å². The SMILES string of the molecule is O=C(C=Cc1cccnc1)c1cc(Cl)ccc1Cl. The second kappa shape index (κ2) is 5.80. The van der Waals surface area contributed by atoms with E-state index in [-0.39, 0.29) is 5.78 Å². The number of allylic oxidation sites excluding steroid dienone is 1. The van der Waals surface area contributed by atoms with Crippen LogP contribution < -0.4 is 0 Å². The van der Waals surface area contributed by atoms with E-state index >= 15 is 0 Å². The van der Waals surface area contributed by atoms with Crippen molar-refractivity contribution in [3.05, 3.63) is 70.0 Å². The fraction of sp³-hybridized carbons (Fsp3) is 0. The first kappa shape index (κ1) is 12.8. The van der Waals surface area contributed by atoms with Crippen molar-refractivity contribution in [2.24, 2.45) is 0 Å². The molecule has 0 saturated heterocycles. The predicted molar refractivity (Wildman–Crippen MR) is 74.1 cm³/mol. The van der Waals surface area contributed by atoms with Gasteiger partial charge in [0.1, 0.15) is 0 Å². The van der Waals surface area contributed by atoms with E-state index in [9.17, 15) is 4.79 Å². The lowest BCUT2D eigenvalue weighted by atomic mass is 10.1. The molecule has 0 spiro atoms. The lowest BCUT2D eigenvalue weighted by Gasteiger charge is -2.00. The largest absolute Gasteiger partial charge is 0.289 e. The maximum atomic E-state index is 11.9. The molecule has 0 atom stereocenters. The summed E-state index contributed by atoms with van der Waals surface area (Å²) in [6.45, 7) is 0. The molecule has 1 aromatic heterocycles. The van der Waals surface area contributed by atoms with Crippen LogP contribution in [0.2, 0.25) is 10.0 Å². The molecule has 18 heavy (non-hydrogen) atoms. The highest BCUT2D eigenvalue weighted by molar-refractivity contribution is 6.36. The number of hydrogen-bond donors (Lipinski definition) is 0. The normalized spacial score (nSPS) is 10.8. The number of carbonyl (C=O) groups is 1. The van der Waals surface area contributed by atoms with Crippen molar-refractivity contribution in [3.63, 3.8) is 0 Å². The molecular weight excluding hydrogens is 269 g/mol. The molecule has 2 rings (SSSR count).